The molecule has 0 aliphatic heterocycles. The number of aromatic nitrogens is 2. The number of H-pyrrole nitrogens is 1. The van der Waals surface area contributed by atoms with Crippen molar-refractivity contribution in [2.24, 2.45) is 0 Å². The van der Waals surface area contributed by atoms with Crippen LogP contribution in [0, 0.1) is 6.92 Å². The summed E-state index contributed by atoms with van der Waals surface area (Å²) < 4.78 is 28.0. The van der Waals surface area contributed by atoms with E-state index in [0.29, 0.717) is 10.0 Å². The summed E-state index contributed by atoms with van der Waals surface area (Å²) in [5.41, 5.74) is 0.908. The zero-order valence-corrected chi connectivity index (χ0v) is 13.0. The molecule has 0 aromatic carbocycles. The van der Waals surface area contributed by atoms with Crippen molar-refractivity contribution in [3.63, 3.8) is 0 Å². The normalized spacial score (nSPS) is 13.7. The average Bonchev–Trinajstić information content (AvgIpc) is 2.89. The number of hydrogen-bond acceptors (Lipinski definition) is 4. The lowest BCUT2D eigenvalue weighted by Crippen LogP contribution is -2.26. The van der Waals surface area contributed by atoms with Gasteiger partial charge in [-0.15, -0.1) is 11.3 Å². The molecule has 0 bridgehead atoms. The van der Waals surface area contributed by atoms with Gasteiger partial charge in [0.05, 0.1) is 9.83 Å². The number of nitrogens with one attached hydrogen (secondary N) is 2. The fourth-order valence-corrected chi connectivity index (χ4v) is 4.87. The Labute approximate surface area is 118 Å². The van der Waals surface area contributed by atoms with Crippen molar-refractivity contribution in [3.8, 4) is 0 Å². The van der Waals surface area contributed by atoms with Crippen LogP contribution in [-0.2, 0) is 10.0 Å². The largest absolute Gasteiger partial charge is 0.347 e. The molecule has 0 aliphatic rings. The number of imidazole rings is 1. The quantitative estimate of drug-likeness (QED) is 0.890. The number of aryl methyl sites for hydroxylation is 1. The van der Waals surface area contributed by atoms with Gasteiger partial charge in [-0.2, -0.15) is 0 Å². The lowest BCUT2D eigenvalue weighted by molar-refractivity contribution is 0.563. The predicted octanol–water partition coefficient (Wildman–Crippen LogP) is 2.58. The van der Waals surface area contributed by atoms with Gasteiger partial charge in [-0.25, -0.2) is 18.1 Å². The van der Waals surface area contributed by atoms with Crippen molar-refractivity contribution in [1.29, 1.82) is 0 Å². The third-order valence-corrected chi connectivity index (χ3v) is 6.51. The van der Waals surface area contributed by atoms with Crippen LogP contribution in [0.25, 0.3) is 0 Å². The molecule has 1 unspecified atom stereocenters. The Morgan fingerprint density at radius 3 is 2.78 bits per heavy atom. The zero-order valence-electron chi connectivity index (χ0n) is 9.77. The van der Waals surface area contributed by atoms with Gasteiger partial charge in [-0.3, -0.25) is 0 Å². The van der Waals surface area contributed by atoms with Crippen LogP contribution >= 0.6 is 27.3 Å². The highest BCUT2D eigenvalue weighted by atomic mass is 79.9. The molecular formula is C10H12BrN3O2S2. The number of thiophene rings is 1. The topological polar surface area (TPSA) is 74.8 Å². The van der Waals surface area contributed by atoms with Crippen molar-refractivity contribution >= 4 is 37.3 Å². The molecule has 0 saturated carbocycles. The smallest absolute Gasteiger partial charge is 0.250 e. The zero-order chi connectivity index (χ0) is 13.3. The molecule has 0 amide bonds. The van der Waals surface area contributed by atoms with Crippen molar-refractivity contribution < 1.29 is 8.42 Å². The van der Waals surface area contributed by atoms with E-state index in [4.69, 9.17) is 0 Å². The Kier molecular flexibility index (Phi) is 3.90. The number of rotatable bonds is 4. The number of halogens is 1. The summed E-state index contributed by atoms with van der Waals surface area (Å²) in [5, 5.41) is 0. The number of sulfonamides is 1. The Morgan fingerprint density at radius 2 is 2.28 bits per heavy atom. The van der Waals surface area contributed by atoms with E-state index in [9.17, 15) is 8.42 Å². The summed E-state index contributed by atoms with van der Waals surface area (Å²) >= 11 is 4.52. The third-order valence-electron chi connectivity index (χ3n) is 2.36. The molecule has 2 aromatic heterocycles. The summed E-state index contributed by atoms with van der Waals surface area (Å²) in [7, 11) is -3.51. The first-order valence-corrected chi connectivity index (χ1v) is 8.27. The molecule has 0 radical (unpaired) electrons. The van der Waals surface area contributed by atoms with Crippen LogP contribution in [0.5, 0.6) is 0 Å². The number of hydrogen-bond donors (Lipinski definition) is 2. The molecule has 2 heterocycles. The summed E-state index contributed by atoms with van der Waals surface area (Å²) in [6, 6.07) is 1.25. The van der Waals surface area contributed by atoms with E-state index < -0.39 is 16.1 Å². The van der Waals surface area contributed by atoms with Crippen molar-refractivity contribution in [2.75, 3.05) is 0 Å². The molecule has 1 atom stereocenters. The highest BCUT2D eigenvalue weighted by Crippen LogP contribution is 2.30. The number of nitrogens with zero attached hydrogens (tertiary/aromatic N) is 1. The molecule has 8 heteroatoms. The second-order valence-corrected chi connectivity index (χ2v) is 8.15. The Morgan fingerprint density at radius 1 is 1.56 bits per heavy atom. The summed E-state index contributed by atoms with van der Waals surface area (Å²) in [5.74, 6) is 0.589. The van der Waals surface area contributed by atoms with E-state index in [0.717, 1.165) is 9.35 Å². The highest BCUT2D eigenvalue weighted by Gasteiger charge is 2.22. The maximum absolute atomic E-state index is 12.1. The molecule has 0 spiro atoms. The molecule has 98 valence electrons. The first-order valence-electron chi connectivity index (χ1n) is 5.17. The standard InChI is InChI=1S/C10H12BrN3O2S2/c1-6-5-8(17-9(6)11)18(15,16)14-7(2)10-12-3-4-13-10/h3-5,7,14H,1-2H3,(H,12,13). The fraction of sp³-hybridized carbons (Fsp3) is 0.300. The van der Waals surface area contributed by atoms with Crippen LogP contribution in [0.3, 0.4) is 0 Å². The van der Waals surface area contributed by atoms with Gasteiger partial charge in [0, 0.05) is 12.4 Å². The molecule has 0 aliphatic carbocycles. The van der Waals surface area contributed by atoms with Crippen LogP contribution in [0.1, 0.15) is 24.4 Å². The fourth-order valence-electron chi connectivity index (χ4n) is 1.43. The lowest BCUT2D eigenvalue weighted by Gasteiger charge is -2.10. The van der Waals surface area contributed by atoms with E-state index in [1.165, 1.54) is 11.3 Å². The molecule has 2 rings (SSSR count). The van der Waals surface area contributed by atoms with Crippen LogP contribution in [0.4, 0.5) is 0 Å². The number of aromatic amines is 1. The minimum Gasteiger partial charge on any atom is -0.347 e. The monoisotopic (exact) mass is 349 g/mol. The predicted molar refractivity (Wildman–Crippen MR) is 74.1 cm³/mol. The van der Waals surface area contributed by atoms with Crippen LogP contribution in [0.15, 0.2) is 26.5 Å². The maximum Gasteiger partial charge on any atom is 0.250 e. The van der Waals surface area contributed by atoms with Gasteiger partial charge in [-0.05, 0) is 41.4 Å². The van der Waals surface area contributed by atoms with E-state index in [2.05, 4.69) is 30.6 Å². The van der Waals surface area contributed by atoms with E-state index >= 15 is 0 Å². The van der Waals surface area contributed by atoms with Crippen molar-refractivity contribution in [3.05, 3.63) is 33.6 Å². The molecule has 0 saturated heterocycles. The van der Waals surface area contributed by atoms with Gasteiger partial charge < -0.3 is 4.98 Å². The lowest BCUT2D eigenvalue weighted by atomic mass is 10.3. The second-order valence-electron chi connectivity index (χ2n) is 3.84. The van der Waals surface area contributed by atoms with Gasteiger partial charge in [0.15, 0.2) is 0 Å². The second kappa shape index (κ2) is 5.12. The molecule has 18 heavy (non-hydrogen) atoms. The van der Waals surface area contributed by atoms with Gasteiger partial charge in [0.2, 0.25) is 0 Å². The van der Waals surface area contributed by atoms with Crippen LogP contribution in [0.2, 0.25) is 0 Å². The average molecular weight is 350 g/mol. The van der Waals surface area contributed by atoms with Crippen LogP contribution in [-0.4, -0.2) is 18.4 Å². The maximum atomic E-state index is 12.1. The Balaban J connectivity index is 2.22. The Hall–Kier alpha value is -0.700. The molecule has 5 nitrogen and oxygen atoms in total. The van der Waals surface area contributed by atoms with Gasteiger partial charge >= 0.3 is 0 Å². The minimum atomic E-state index is -3.51. The third kappa shape index (κ3) is 2.82. The summed E-state index contributed by atoms with van der Waals surface area (Å²) in [6.07, 6.45) is 3.25. The molecule has 2 aromatic rings. The highest BCUT2D eigenvalue weighted by molar-refractivity contribution is 9.11. The van der Waals surface area contributed by atoms with Gasteiger partial charge in [-0.1, -0.05) is 0 Å². The van der Waals surface area contributed by atoms with E-state index in [1.54, 1.807) is 25.4 Å². The van der Waals surface area contributed by atoms with Gasteiger partial charge in [0.1, 0.15) is 10.0 Å². The van der Waals surface area contributed by atoms with Crippen LogP contribution < -0.4 is 4.72 Å². The van der Waals surface area contributed by atoms with Gasteiger partial charge in [0.25, 0.3) is 10.0 Å². The molecule has 0 fully saturated rings. The Bertz CT molecular complexity index is 615. The first-order chi connectivity index (χ1) is 8.40. The van der Waals surface area contributed by atoms with Crippen molar-refractivity contribution in [2.45, 2.75) is 24.1 Å². The first kappa shape index (κ1) is 13.7. The molecule has 2 N–H and O–H groups in total. The summed E-state index contributed by atoms with van der Waals surface area (Å²) in [6.45, 7) is 3.60. The SMILES string of the molecule is Cc1cc(S(=O)(=O)NC(C)c2ncc[nH]2)sc1Br. The van der Waals surface area contributed by atoms with E-state index in [1.807, 2.05) is 6.92 Å². The minimum absolute atomic E-state index is 0.297. The summed E-state index contributed by atoms with van der Waals surface area (Å²) in [4.78, 5) is 6.91. The van der Waals surface area contributed by atoms with Crippen molar-refractivity contribution in [1.82, 2.24) is 14.7 Å². The molecular weight excluding hydrogens is 338 g/mol. The van der Waals surface area contributed by atoms with E-state index in [-0.39, 0.29) is 0 Å².